The summed E-state index contributed by atoms with van der Waals surface area (Å²) in [6.07, 6.45) is 2.18. The highest BCUT2D eigenvalue weighted by atomic mass is 16.7. The van der Waals surface area contributed by atoms with Gasteiger partial charge in [-0.2, -0.15) is 5.90 Å². The zero-order valence-corrected chi connectivity index (χ0v) is 8.98. The van der Waals surface area contributed by atoms with Gasteiger partial charge >= 0.3 is 5.97 Å². The second-order valence-electron chi connectivity index (χ2n) is 3.69. The molecular weight excluding hydrogens is 190 g/mol. The molecule has 0 spiro atoms. The molecule has 1 aromatic carbocycles. The normalized spacial score (nSPS) is 12.1. The van der Waals surface area contributed by atoms with E-state index in [4.69, 9.17) is 5.90 Å². The van der Waals surface area contributed by atoms with Crippen LogP contribution in [0, 0.1) is 0 Å². The fraction of sp³-hybridized carbons (Fsp3) is 0.417. The van der Waals surface area contributed by atoms with Gasteiger partial charge in [-0.3, -0.25) is 4.79 Å². The largest absolute Gasteiger partial charge is 0.373 e. The lowest BCUT2D eigenvalue weighted by Crippen LogP contribution is -2.09. The van der Waals surface area contributed by atoms with Gasteiger partial charge in [0.2, 0.25) is 0 Å². The summed E-state index contributed by atoms with van der Waals surface area (Å²) in [7, 11) is 0. The summed E-state index contributed by atoms with van der Waals surface area (Å²) in [5, 5.41) is 0. The quantitative estimate of drug-likeness (QED) is 0.754. The van der Waals surface area contributed by atoms with Crippen molar-refractivity contribution in [3.8, 4) is 0 Å². The third kappa shape index (κ3) is 4.13. The van der Waals surface area contributed by atoms with Crippen LogP contribution in [0.3, 0.4) is 0 Å². The number of nitrogens with two attached hydrogens (primary N) is 1. The summed E-state index contributed by atoms with van der Waals surface area (Å²) < 4.78 is 0. The predicted molar refractivity (Wildman–Crippen MR) is 59.0 cm³/mol. The smallest absolute Gasteiger partial charge is 0.324 e. The molecule has 1 atom stereocenters. The Morgan fingerprint density at radius 1 is 1.40 bits per heavy atom. The van der Waals surface area contributed by atoms with Crippen molar-refractivity contribution in [3.63, 3.8) is 0 Å². The summed E-state index contributed by atoms with van der Waals surface area (Å²) in [5.41, 5.74) is 1.30. The summed E-state index contributed by atoms with van der Waals surface area (Å²) >= 11 is 0. The average Bonchev–Trinajstić information content (AvgIpc) is 2.29. The maximum absolute atomic E-state index is 10.8. The second-order valence-corrected chi connectivity index (χ2v) is 3.69. The van der Waals surface area contributed by atoms with Crippen LogP contribution in [-0.4, -0.2) is 5.97 Å². The number of carbonyl (C=O) groups excluding carboxylic acids is 1. The van der Waals surface area contributed by atoms with Gasteiger partial charge in [-0.15, -0.1) is 0 Å². The molecule has 0 bridgehead atoms. The van der Waals surface area contributed by atoms with E-state index in [-0.39, 0.29) is 5.97 Å². The molecule has 0 aliphatic heterocycles. The first kappa shape index (κ1) is 11.7. The molecule has 0 fully saturated rings. The van der Waals surface area contributed by atoms with Gasteiger partial charge in [0, 0.05) is 6.42 Å². The molecule has 1 aromatic rings. The molecule has 2 N–H and O–H groups in total. The molecule has 1 rings (SSSR count). The van der Waals surface area contributed by atoms with Gasteiger partial charge in [0.15, 0.2) is 0 Å². The number of hydrogen-bond acceptors (Lipinski definition) is 3. The van der Waals surface area contributed by atoms with Gasteiger partial charge < -0.3 is 4.84 Å². The fourth-order valence-corrected chi connectivity index (χ4v) is 1.56. The zero-order chi connectivity index (χ0) is 11.1. The monoisotopic (exact) mass is 207 g/mol. The molecular formula is C12H17NO2. The van der Waals surface area contributed by atoms with E-state index in [0.717, 1.165) is 12.8 Å². The highest BCUT2D eigenvalue weighted by Gasteiger charge is 2.06. The summed E-state index contributed by atoms with van der Waals surface area (Å²) in [5.74, 6) is 4.88. The van der Waals surface area contributed by atoms with Gasteiger partial charge in [0.05, 0.1) is 0 Å². The number of benzene rings is 1. The van der Waals surface area contributed by atoms with E-state index >= 15 is 0 Å². The van der Waals surface area contributed by atoms with Crippen LogP contribution in [0.5, 0.6) is 0 Å². The lowest BCUT2D eigenvalue weighted by Gasteiger charge is -2.10. The minimum Gasteiger partial charge on any atom is -0.373 e. The van der Waals surface area contributed by atoms with Crippen LogP contribution < -0.4 is 5.90 Å². The molecule has 0 radical (unpaired) electrons. The molecule has 1 unspecified atom stereocenters. The molecule has 0 aromatic heterocycles. The molecule has 0 aliphatic rings. The third-order valence-electron chi connectivity index (χ3n) is 2.52. The third-order valence-corrected chi connectivity index (χ3v) is 2.52. The molecule has 0 saturated carbocycles. The highest BCUT2D eigenvalue weighted by molar-refractivity contribution is 5.68. The van der Waals surface area contributed by atoms with Crippen LogP contribution in [0.1, 0.15) is 37.7 Å². The molecule has 3 heteroatoms. The first-order chi connectivity index (χ1) is 7.24. The summed E-state index contributed by atoms with van der Waals surface area (Å²) in [6.45, 7) is 2.16. The molecule has 0 amide bonds. The molecule has 3 nitrogen and oxygen atoms in total. The Bertz CT molecular complexity index is 298. The maximum Gasteiger partial charge on any atom is 0.324 e. The first-order valence-corrected chi connectivity index (χ1v) is 5.18. The molecule has 15 heavy (non-hydrogen) atoms. The van der Waals surface area contributed by atoms with Gasteiger partial charge in [-0.1, -0.05) is 37.3 Å². The zero-order valence-electron chi connectivity index (χ0n) is 8.98. The van der Waals surface area contributed by atoms with E-state index in [2.05, 4.69) is 23.9 Å². The van der Waals surface area contributed by atoms with E-state index in [0.29, 0.717) is 12.3 Å². The Morgan fingerprint density at radius 2 is 2.07 bits per heavy atom. The second kappa shape index (κ2) is 6.19. The molecule has 0 aliphatic carbocycles. The van der Waals surface area contributed by atoms with Crippen molar-refractivity contribution < 1.29 is 9.63 Å². The molecule has 0 saturated heterocycles. The van der Waals surface area contributed by atoms with Crippen molar-refractivity contribution in [1.29, 1.82) is 0 Å². The van der Waals surface area contributed by atoms with Crippen LogP contribution in [-0.2, 0) is 9.63 Å². The Balaban J connectivity index is 2.31. The molecule has 0 heterocycles. The lowest BCUT2D eigenvalue weighted by atomic mass is 9.96. The van der Waals surface area contributed by atoms with Crippen molar-refractivity contribution in [3.05, 3.63) is 35.9 Å². The first-order valence-electron chi connectivity index (χ1n) is 5.18. The van der Waals surface area contributed by atoms with E-state index < -0.39 is 0 Å². The number of carbonyl (C=O) groups is 1. The maximum atomic E-state index is 10.8. The Labute approximate surface area is 90.2 Å². The Morgan fingerprint density at radius 3 is 2.67 bits per heavy atom. The van der Waals surface area contributed by atoms with Gasteiger partial charge in [-0.25, -0.2) is 0 Å². The number of hydrogen-bond donors (Lipinski definition) is 1. The van der Waals surface area contributed by atoms with Crippen molar-refractivity contribution in [2.24, 2.45) is 5.90 Å². The SMILES string of the molecule is CC(CCCC(=O)ON)c1ccccc1. The van der Waals surface area contributed by atoms with Crippen molar-refractivity contribution >= 4 is 5.97 Å². The predicted octanol–water partition coefficient (Wildman–Crippen LogP) is 2.38. The van der Waals surface area contributed by atoms with Crippen LogP contribution >= 0.6 is 0 Å². The van der Waals surface area contributed by atoms with Crippen LogP contribution in [0.4, 0.5) is 0 Å². The minimum absolute atomic E-state index is 0.338. The van der Waals surface area contributed by atoms with E-state index in [9.17, 15) is 4.79 Å². The van der Waals surface area contributed by atoms with Crippen LogP contribution in [0.2, 0.25) is 0 Å². The van der Waals surface area contributed by atoms with Gasteiger partial charge in [0.1, 0.15) is 0 Å². The van der Waals surface area contributed by atoms with Gasteiger partial charge in [0.25, 0.3) is 0 Å². The van der Waals surface area contributed by atoms with E-state index in [1.165, 1.54) is 5.56 Å². The average molecular weight is 207 g/mol. The topological polar surface area (TPSA) is 52.3 Å². The molecule has 82 valence electrons. The summed E-state index contributed by atoms with van der Waals surface area (Å²) in [4.78, 5) is 14.9. The van der Waals surface area contributed by atoms with Crippen molar-refractivity contribution in [2.75, 3.05) is 0 Å². The fourth-order valence-electron chi connectivity index (χ4n) is 1.56. The van der Waals surface area contributed by atoms with Crippen molar-refractivity contribution in [1.82, 2.24) is 0 Å². The lowest BCUT2D eigenvalue weighted by molar-refractivity contribution is -0.144. The standard InChI is InChI=1S/C12H17NO2/c1-10(6-5-9-12(14)15-13)11-7-3-2-4-8-11/h2-4,7-8,10H,5-6,9,13H2,1H3. The highest BCUT2D eigenvalue weighted by Crippen LogP contribution is 2.20. The van der Waals surface area contributed by atoms with Crippen molar-refractivity contribution in [2.45, 2.75) is 32.1 Å². The van der Waals surface area contributed by atoms with E-state index in [1.54, 1.807) is 0 Å². The number of rotatable bonds is 5. The van der Waals surface area contributed by atoms with Gasteiger partial charge in [-0.05, 0) is 24.3 Å². The Hall–Kier alpha value is -1.35. The minimum atomic E-state index is -0.338. The van der Waals surface area contributed by atoms with E-state index in [1.807, 2.05) is 18.2 Å². The Kier molecular flexibility index (Phi) is 4.84. The van der Waals surface area contributed by atoms with Crippen LogP contribution in [0.15, 0.2) is 30.3 Å². The summed E-state index contributed by atoms with van der Waals surface area (Å²) in [6, 6.07) is 10.3. The van der Waals surface area contributed by atoms with Crippen LogP contribution in [0.25, 0.3) is 0 Å².